The highest BCUT2D eigenvalue weighted by Gasteiger charge is 2.59. The number of pyridine rings is 1. The number of nitrogens with zero attached hydrogens (tertiary/aromatic N) is 2. The topological polar surface area (TPSA) is 82.5 Å². The van der Waals surface area contributed by atoms with Gasteiger partial charge in [0.15, 0.2) is 5.69 Å². The van der Waals surface area contributed by atoms with Gasteiger partial charge < -0.3 is 15.3 Å². The zero-order valence-electron chi connectivity index (χ0n) is 12.6. The normalized spacial score (nSPS) is 22.3. The Morgan fingerprint density at radius 2 is 2.00 bits per heavy atom. The van der Waals surface area contributed by atoms with E-state index >= 15 is 0 Å². The molecule has 2 amide bonds. The van der Waals surface area contributed by atoms with E-state index in [0.29, 0.717) is 32.4 Å². The monoisotopic (exact) mass is 343 g/mol. The first-order valence-corrected chi connectivity index (χ1v) is 7.54. The summed E-state index contributed by atoms with van der Waals surface area (Å²) in [7, 11) is 0. The van der Waals surface area contributed by atoms with Crippen molar-refractivity contribution in [3.8, 4) is 0 Å². The highest BCUT2D eigenvalue weighted by molar-refractivity contribution is 5.95. The minimum Gasteiger partial charge on any atom is -0.465 e. The van der Waals surface area contributed by atoms with Gasteiger partial charge >= 0.3 is 12.3 Å². The SMILES string of the molecule is O=C(Nc1cccnc1C(F)(F)F)C1CC12CCN(C(=O)O)CC2. The Labute approximate surface area is 135 Å². The Kier molecular flexibility index (Phi) is 3.89. The van der Waals surface area contributed by atoms with Gasteiger partial charge in [0.25, 0.3) is 0 Å². The number of anilines is 1. The highest BCUT2D eigenvalue weighted by Crippen LogP contribution is 2.59. The van der Waals surface area contributed by atoms with Gasteiger partial charge in [-0.15, -0.1) is 0 Å². The van der Waals surface area contributed by atoms with E-state index in [1.165, 1.54) is 17.0 Å². The van der Waals surface area contributed by atoms with Crippen molar-refractivity contribution >= 4 is 17.7 Å². The van der Waals surface area contributed by atoms with Gasteiger partial charge in [0, 0.05) is 25.2 Å². The van der Waals surface area contributed by atoms with E-state index in [4.69, 9.17) is 5.11 Å². The fraction of sp³-hybridized carbons (Fsp3) is 0.533. The summed E-state index contributed by atoms with van der Waals surface area (Å²) in [6, 6.07) is 2.51. The van der Waals surface area contributed by atoms with Gasteiger partial charge in [-0.2, -0.15) is 13.2 Å². The number of piperidine rings is 1. The number of rotatable bonds is 2. The second kappa shape index (κ2) is 5.64. The van der Waals surface area contributed by atoms with Gasteiger partial charge in [-0.1, -0.05) is 0 Å². The first-order chi connectivity index (χ1) is 11.2. The van der Waals surface area contributed by atoms with E-state index in [1.807, 2.05) is 0 Å². The molecule has 1 aliphatic heterocycles. The van der Waals surface area contributed by atoms with Gasteiger partial charge in [-0.05, 0) is 36.8 Å². The van der Waals surface area contributed by atoms with Crippen molar-refractivity contribution in [1.29, 1.82) is 0 Å². The molecule has 0 radical (unpaired) electrons. The average Bonchev–Trinajstić information content (AvgIpc) is 3.21. The summed E-state index contributed by atoms with van der Waals surface area (Å²) >= 11 is 0. The van der Waals surface area contributed by atoms with Crippen LogP contribution in [0.1, 0.15) is 25.0 Å². The number of nitrogens with one attached hydrogen (secondary N) is 1. The van der Waals surface area contributed by atoms with Crippen molar-refractivity contribution in [3.05, 3.63) is 24.0 Å². The highest BCUT2D eigenvalue weighted by atomic mass is 19.4. The lowest BCUT2D eigenvalue weighted by Gasteiger charge is -2.30. The van der Waals surface area contributed by atoms with Gasteiger partial charge in [0.05, 0.1) is 5.69 Å². The molecule has 130 valence electrons. The molecule has 2 heterocycles. The zero-order chi connectivity index (χ0) is 17.5. The summed E-state index contributed by atoms with van der Waals surface area (Å²) in [6.07, 6.45) is -2.92. The summed E-state index contributed by atoms with van der Waals surface area (Å²) in [5.41, 5.74) is -1.75. The lowest BCUT2D eigenvalue weighted by molar-refractivity contribution is -0.140. The van der Waals surface area contributed by atoms with Gasteiger partial charge in [-0.25, -0.2) is 9.78 Å². The number of halogens is 3. The van der Waals surface area contributed by atoms with Gasteiger partial charge in [0.2, 0.25) is 5.91 Å². The molecule has 1 spiro atoms. The number of hydrogen-bond donors (Lipinski definition) is 2. The standard InChI is InChI=1S/C15H16F3N3O3/c16-15(17,18)11-10(2-1-5-19-11)20-12(22)9-8-14(9)3-6-21(7-4-14)13(23)24/h1-2,5,9H,3-4,6-8H2,(H,20,22)(H,23,24). The Hall–Kier alpha value is -2.32. The maximum absolute atomic E-state index is 12.9. The van der Waals surface area contributed by atoms with E-state index in [9.17, 15) is 22.8 Å². The molecule has 3 rings (SSSR count). The molecule has 1 aromatic rings. The fourth-order valence-electron chi connectivity index (χ4n) is 3.37. The molecule has 1 aromatic heterocycles. The predicted octanol–water partition coefficient (Wildman–Crippen LogP) is 2.82. The number of likely N-dealkylation sites (tertiary alicyclic amines) is 1. The fourth-order valence-corrected chi connectivity index (χ4v) is 3.37. The first kappa shape index (κ1) is 16.5. The van der Waals surface area contributed by atoms with Crippen LogP contribution in [0.25, 0.3) is 0 Å². The second-order valence-electron chi connectivity index (χ2n) is 6.28. The van der Waals surface area contributed by atoms with Crippen LogP contribution in [0.5, 0.6) is 0 Å². The Bertz CT molecular complexity index is 669. The molecule has 6 nitrogen and oxygen atoms in total. The zero-order valence-corrected chi connectivity index (χ0v) is 12.6. The third-order valence-electron chi connectivity index (χ3n) is 4.87. The molecular formula is C15H16F3N3O3. The van der Waals surface area contributed by atoms with Crippen LogP contribution in [-0.2, 0) is 11.0 Å². The molecule has 1 saturated carbocycles. The molecule has 0 bridgehead atoms. The van der Waals surface area contributed by atoms with Gasteiger partial charge in [0.1, 0.15) is 0 Å². The van der Waals surface area contributed by atoms with Crippen LogP contribution < -0.4 is 5.32 Å². The molecule has 1 aliphatic carbocycles. The molecule has 2 fully saturated rings. The van der Waals surface area contributed by atoms with Crippen molar-refractivity contribution in [1.82, 2.24) is 9.88 Å². The van der Waals surface area contributed by atoms with Crippen LogP contribution >= 0.6 is 0 Å². The second-order valence-corrected chi connectivity index (χ2v) is 6.28. The van der Waals surface area contributed by atoms with E-state index in [1.54, 1.807) is 0 Å². The third kappa shape index (κ3) is 3.02. The van der Waals surface area contributed by atoms with Crippen molar-refractivity contribution in [3.63, 3.8) is 0 Å². The first-order valence-electron chi connectivity index (χ1n) is 7.54. The molecule has 9 heteroatoms. The van der Waals surface area contributed by atoms with Crippen LogP contribution in [-0.4, -0.2) is 40.1 Å². The van der Waals surface area contributed by atoms with Crippen LogP contribution in [0, 0.1) is 11.3 Å². The molecule has 1 unspecified atom stereocenters. The summed E-state index contributed by atoms with van der Waals surface area (Å²) < 4.78 is 38.7. The molecule has 0 aromatic carbocycles. The largest absolute Gasteiger partial charge is 0.465 e. The summed E-state index contributed by atoms with van der Waals surface area (Å²) in [5, 5.41) is 11.3. The summed E-state index contributed by atoms with van der Waals surface area (Å²) in [4.78, 5) is 27.8. The van der Waals surface area contributed by atoms with Crippen molar-refractivity contribution < 1.29 is 27.9 Å². The molecular weight excluding hydrogens is 327 g/mol. The molecule has 2 N–H and O–H groups in total. The van der Waals surface area contributed by atoms with Crippen molar-refractivity contribution in [2.75, 3.05) is 18.4 Å². The smallest absolute Gasteiger partial charge is 0.435 e. The van der Waals surface area contributed by atoms with Crippen molar-refractivity contribution in [2.24, 2.45) is 11.3 Å². The molecule has 1 atom stereocenters. The van der Waals surface area contributed by atoms with E-state index in [-0.39, 0.29) is 17.0 Å². The maximum atomic E-state index is 12.9. The quantitative estimate of drug-likeness (QED) is 0.865. The van der Waals surface area contributed by atoms with Crippen LogP contribution in [0.4, 0.5) is 23.7 Å². The summed E-state index contributed by atoms with van der Waals surface area (Å²) in [5.74, 6) is -0.841. The molecule has 2 aliphatic rings. The number of carbonyl (C=O) groups excluding carboxylic acids is 1. The number of carboxylic acid groups (broad SMARTS) is 1. The number of alkyl halides is 3. The van der Waals surface area contributed by atoms with Crippen LogP contribution in [0.2, 0.25) is 0 Å². The summed E-state index contributed by atoms with van der Waals surface area (Å²) in [6.45, 7) is 0.694. The average molecular weight is 343 g/mol. The minimum absolute atomic E-state index is 0.281. The predicted molar refractivity (Wildman–Crippen MR) is 77.2 cm³/mol. The van der Waals surface area contributed by atoms with Crippen molar-refractivity contribution in [2.45, 2.75) is 25.4 Å². The Morgan fingerprint density at radius 3 is 2.58 bits per heavy atom. The van der Waals surface area contributed by atoms with E-state index in [2.05, 4.69) is 10.3 Å². The number of carbonyl (C=O) groups is 2. The number of aromatic nitrogens is 1. The van der Waals surface area contributed by atoms with Crippen LogP contribution in [0.3, 0.4) is 0 Å². The lowest BCUT2D eigenvalue weighted by atomic mass is 9.91. The van der Waals surface area contributed by atoms with E-state index < -0.39 is 23.9 Å². The number of amides is 2. The van der Waals surface area contributed by atoms with E-state index in [0.717, 1.165) is 6.20 Å². The lowest BCUT2D eigenvalue weighted by Crippen LogP contribution is -2.39. The minimum atomic E-state index is -4.64. The maximum Gasteiger partial charge on any atom is 0.435 e. The Balaban J connectivity index is 1.65. The Morgan fingerprint density at radius 1 is 1.33 bits per heavy atom. The molecule has 24 heavy (non-hydrogen) atoms. The molecule has 1 saturated heterocycles. The number of hydrogen-bond acceptors (Lipinski definition) is 3. The third-order valence-corrected chi connectivity index (χ3v) is 4.87. The van der Waals surface area contributed by atoms with Crippen LogP contribution in [0.15, 0.2) is 18.3 Å². The van der Waals surface area contributed by atoms with Gasteiger partial charge in [-0.3, -0.25) is 4.79 Å².